The first-order chi connectivity index (χ1) is 9.82. The van der Waals surface area contributed by atoms with Gasteiger partial charge in [0.25, 0.3) is 5.91 Å². The summed E-state index contributed by atoms with van der Waals surface area (Å²) in [5, 5.41) is 0. The number of rotatable bonds is 1. The maximum Gasteiger partial charge on any atom is 0.277 e. The predicted octanol–water partition coefficient (Wildman–Crippen LogP) is 4.50. The van der Waals surface area contributed by atoms with Crippen LogP contribution in [-0.2, 0) is 4.79 Å². The summed E-state index contributed by atoms with van der Waals surface area (Å²) in [5.74, 6) is -0.399. The number of aryl methyl sites for hydroxylation is 1. The number of aliphatic imine (C=N–C) groups is 1. The number of allylic oxidation sites excluding steroid dienone is 4. The zero-order chi connectivity index (χ0) is 15.7. The lowest BCUT2D eigenvalue weighted by atomic mass is 9.98. The summed E-state index contributed by atoms with van der Waals surface area (Å²) < 4.78 is 1.09. The van der Waals surface area contributed by atoms with Gasteiger partial charge in [-0.25, -0.2) is 4.99 Å². The van der Waals surface area contributed by atoms with Crippen LogP contribution in [0.3, 0.4) is 0 Å². The van der Waals surface area contributed by atoms with E-state index in [1.165, 1.54) is 0 Å². The molecule has 1 amide bonds. The first-order valence-electron chi connectivity index (χ1n) is 6.30. The number of halogens is 2. The molecule has 1 aliphatic rings. The zero-order valence-electron chi connectivity index (χ0n) is 11.8. The lowest BCUT2D eigenvalue weighted by molar-refractivity contribution is -0.112. The molecule has 0 bridgehead atoms. The first-order valence-corrected chi connectivity index (χ1v) is 7.89. The van der Waals surface area contributed by atoms with Gasteiger partial charge in [-0.2, -0.15) is 0 Å². The second-order valence-corrected chi connectivity index (χ2v) is 6.42. The molecule has 108 valence electrons. The number of hydrogen-bond acceptors (Lipinski definition) is 2. The number of hydrogen-bond donors (Lipinski definition) is 0. The molecule has 0 unspecified atom stereocenters. The number of Topliss-reactive ketones (excluding diaryl/α,β-unsaturated/α-hetero) is 1. The van der Waals surface area contributed by atoms with Crippen LogP contribution in [0.4, 0.5) is 0 Å². The molecule has 1 aromatic carbocycles. The lowest BCUT2D eigenvalue weighted by Crippen LogP contribution is -2.18. The molecule has 0 aromatic heterocycles. The van der Waals surface area contributed by atoms with Gasteiger partial charge >= 0.3 is 0 Å². The molecule has 0 atom stereocenters. The highest BCUT2D eigenvalue weighted by Gasteiger charge is 2.26. The normalized spacial score (nSPS) is 15.7. The highest BCUT2D eigenvalue weighted by atomic mass is 79.9. The summed E-state index contributed by atoms with van der Waals surface area (Å²) in [6, 6.07) is 7.21. The second-order valence-electron chi connectivity index (χ2n) is 4.84. The molecular formula is C16H13Br2NO2. The van der Waals surface area contributed by atoms with Crippen LogP contribution < -0.4 is 0 Å². The Balaban J connectivity index is 2.46. The number of carbonyl (C=O) groups excluding carboxylic acids is 2. The molecule has 1 aromatic rings. The van der Waals surface area contributed by atoms with E-state index >= 15 is 0 Å². The average molecular weight is 411 g/mol. The van der Waals surface area contributed by atoms with Crippen LogP contribution in [0.25, 0.3) is 0 Å². The SMILES string of the molecule is CC1=C(Br)C(=NC(=O)c2ccc(C)cc2)C(Br)=C(C)C1=O. The van der Waals surface area contributed by atoms with E-state index in [0.29, 0.717) is 31.4 Å². The number of benzene rings is 1. The minimum Gasteiger partial charge on any atom is -0.289 e. The molecular weight excluding hydrogens is 398 g/mol. The predicted molar refractivity (Wildman–Crippen MR) is 91.2 cm³/mol. The molecule has 2 rings (SSSR count). The Bertz CT molecular complexity index is 695. The van der Waals surface area contributed by atoms with Gasteiger partial charge in [0.05, 0.1) is 14.7 Å². The van der Waals surface area contributed by atoms with Gasteiger partial charge < -0.3 is 0 Å². The summed E-state index contributed by atoms with van der Waals surface area (Å²) in [6.07, 6.45) is 0. The first kappa shape index (κ1) is 16.0. The molecule has 5 heteroatoms. The molecule has 0 fully saturated rings. The van der Waals surface area contributed by atoms with Gasteiger partial charge in [-0.1, -0.05) is 17.7 Å². The zero-order valence-corrected chi connectivity index (χ0v) is 15.0. The van der Waals surface area contributed by atoms with Crippen molar-refractivity contribution in [2.24, 2.45) is 4.99 Å². The second kappa shape index (κ2) is 6.20. The maximum absolute atomic E-state index is 12.3. The molecule has 0 aliphatic heterocycles. The monoisotopic (exact) mass is 409 g/mol. The molecule has 3 nitrogen and oxygen atoms in total. The lowest BCUT2D eigenvalue weighted by Gasteiger charge is -2.16. The average Bonchev–Trinajstić information content (AvgIpc) is 2.48. The van der Waals surface area contributed by atoms with E-state index in [1.807, 2.05) is 19.1 Å². The van der Waals surface area contributed by atoms with Gasteiger partial charge in [0.15, 0.2) is 5.78 Å². The van der Waals surface area contributed by atoms with E-state index in [9.17, 15) is 9.59 Å². The Kier molecular flexibility index (Phi) is 4.74. The van der Waals surface area contributed by atoms with Crippen molar-refractivity contribution in [2.45, 2.75) is 20.8 Å². The van der Waals surface area contributed by atoms with E-state index in [2.05, 4.69) is 36.9 Å². The molecule has 0 N–H and O–H groups in total. The molecule has 0 heterocycles. The third-order valence-electron chi connectivity index (χ3n) is 3.27. The number of nitrogens with zero attached hydrogens (tertiary/aromatic N) is 1. The number of ketones is 1. The maximum atomic E-state index is 12.3. The minimum atomic E-state index is -0.339. The van der Waals surface area contributed by atoms with E-state index in [-0.39, 0.29) is 11.7 Å². The van der Waals surface area contributed by atoms with Crippen LogP contribution in [0.5, 0.6) is 0 Å². The van der Waals surface area contributed by atoms with Crippen LogP contribution in [0, 0.1) is 6.92 Å². The van der Waals surface area contributed by atoms with Crippen molar-refractivity contribution in [1.29, 1.82) is 0 Å². The summed E-state index contributed by atoms with van der Waals surface area (Å²) >= 11 is 6.71. The molecule has 0 radical (unpaired) electrons. The van der Waals surface area contributed by atoms with Gasteiger partial charge in [-0.15, -0.1) is 0 Å². The number of carbonyl (C=O) groups is 2. The molecule has 21 heavy (non-hydrogen) atoms. The van der Waals surface area contributed by atoms with E-state index < -0.39 is 0 Å². The van der Waals surface area contributed by atoms with Crippen molar-refractivity contribution in [3.63, 3.8) is 0 Å². The fourth-order valence-electron chi connectivity index (χ4n) is 1.89. The fourth-order valence-corrected chi connectivity index (χ4v) is 3.09. The van der Waals surface area contributed by atoms with Crippen LogP contribution in [0.2, 0.25) is 0 Å². The van der Waals surface area contributed by atoms with Crippen molar-refractivity contribution in [2.75, 3.05) is 0 Å². The summed E-state index contributed by atoms with van der Waals surface area (Å²) in [5.41, 5.74) is 3.14. The Labute approximate surface area is 140 Å². The quantitative estimate of drug-likeness (QED) is 0.640. The highest BCUT2D eigenvalue weighted by Crippen LogP contribution is 2.32. The van der Waals surface area contributed by atoms with Crippen molar-refractivity contribution in [3.05, 3.63) is 55.5 Å². The van der Waals surface area contributed by atoms with Crippen molar-refractivity contribution >= 4 is 49.3 Å². The van der Waals surface area contributed by atoms with Crippen molar-refractivity contribution in [1.82, 2.24) is 0 Å². The van der Waals surface area contributed by atoms with Gasteiger partial charge in [0.2, 0.25) is 0 Å². The Morgan fingerprint density at radius 2 is 1.43 bits per heavy atom. The molecule has 0 spiro atoms. The minimum absolute atomic E-state index is 0.0597. The number of amides is 1. The third kappa shape index (κ3) is 3.14. The van der Waals surface area contributed by atoms with Gasteiger partial charge in [-0.3, -0.25) is 9.59 Å². The fraction of sp³-hybridized carbons (Fsp3) is 0.188. The topological polar surface area (TPSA) is 46.5 Å². The van der Waals surface area contributed by atoms with Crippen molar-refractivity contribution in [3.8, 4) is 0 Å². The standard InChI is InChI=1S/C16H13Br2NO2/c1-8-4-6-11(7-5-8)16(21)19-14-12(17)9(2)15(20)10(3)13(14)18/h4-7H,1-3H3. The van der Waals surface area contributed by atoms with Crippen LogP contribution in [-0.4, -0.2) is 17.4 Å². The van der Waals surface area contributed by atoms with Crippen molar-refractivity contribution < 1.29 is 9.59 Å². The summed E-state index contributed by atoms with van der Waals surface area (Å²) in [7, 11) is 0. The molecule has 1 aliphatic carbocycles. The van der Waals surface area contributed by atoms with Gasteiger partial charge in [0.1, 0.15) is 0 Å². The van der Waals surface area contributed by atoms with Gasteiger partial charge in [0, 0.05) is 16.7 Å². The Morgan fingerprint density at radius 3 is 1.90 bits per heavy atom. The highest BCUT2D eigenvalue weighted by molar-refractivity contribution is 9.13. The molecule has 0 saturated heterocycles. The Hall–Kier alpha value is -1.33. The summed E-state index contributed by atoms with van der Waals surface area (Å²) in [6.45, 7) is 5.38. The van der Waals surface area contributed by atoms with E-state index in [4.69, 9.17) is 0 Å². The van der Waals surface area contributed by atoms with Gasteiger partial charge in [-0.05, 0) is 64.8 Å². The Morgan fingerprint density at radius 1 is 0.952 bits per heavy atom. The van der Waals surface area contributed by atoms with Crippen LogP contribution in [0.15, 0.2) is 49.4 Å². The van der Waals surface area contributed by atoms with E-state index in [0.717, 1.165) is 5.56 Å². The van der Waals surface area contributed by atoms with Crippen LogP contribution in [0.1, 0.15) is 29.8 Å². The smallest absolute Gasteiger partial charge is 0.277 e. The van der Waals surface area contributed by atoms with E-state index in [1.54, 1.807) is 26.0 Å². The summed E-state index contributed by atoms with van der Waals surface area (Å²) in [4.78, 5) is 28.4. The van der Waals surface area contributed by atoms with Crippen LogP contribution >= 0.6 is 31.9 Å². The largest absolute Gasteiger partial charge is 0.289 e. The third-order valence-corrected chi connectivity index (χ3v) is 5.21. The molecule has 0 saturated carbocycles.